The second-order valence-corrected chi connectivity index (χ2v) is 4.85. The Bertz CT molecular complexity index is 329. The first-order chi connectivity index (χ1) is 7.63. The van der Waals surface area contributed by atoms with Gasteiger partial charge in [0.1, 0.15) is 0 Å². The van der Waals surface area contributed by atoms with Crippen LogP contribution in [0.3, 0.4) is 0 Å². The zero-order valence-corrected chi connectivity index (χ0v) is 12.3. The Morgan fingerprint density at radius 3 is 2.44 bits per heavy atom. The lowest BCUT2D eigenvalue weighted by Crippen LogP contribution is -2.28. The van der Waals surface area contributed by atoms with Gasteiger partial charge in [-0.1, -0.05) is 13.8 Å². The van der Waals surface area contributed by atoms with Gasteiger partial charge in [0, 0.05) is 19.1 Å². The van der Waals surface area contributed by atoms with Crippen LogP contribution in [0.25, 0.3) is 0 Å². The third-order valence-electron chi connectivity index (χ3n) is 3.00. The van der Waals surface area contributed by atoms with Crippen molar-refractivity contribution in [2.45, 2.75) is 59.7 Å². The Morgan fingerprint density at radius 1 is 1.31 bits per heavy atom. The van der Waals surface area contributed by atoms with Crippen LogP contribution < -0.4 is 5.32 Å². The highest BCUT2D eigenvalue weighted by atomic mass is 79.9. The molecule has 0 saturated carbocycles. The van der Waals surface area contributed by atoms with Crippen LogP contribution in [0.1, 0.15) is 45.0 Å². The molecule has 92 valence electrons. The highest BCUT2D eigenvalue weighted by Gasteiger charge is 2.12. The van der Waals surface area contributed by atoms with Gasteiger partial charge >= 0.3 is 0 Å². The minimum Gasteiger partial charge on any atom is -0.308 e. The van der Waals surface area contributed by atoms with Crippen LogP contribution in [-0.4, -0.2) is 15.8 Å². The van der Waals surface area contributed by atoms with Gasteiger partial charge in [-0.05, 0) is 42.6 Å². The summed E-state index contributed by atoms with van der Waals surface area (Å²) in [5.74, 6) is 0. The maximum atomic E-state index is 4.49. The van der Waals surface area contributed by atoms with Crippen molar-refractivity contribution < 1.29 is 0 Å². The Balaban J connectivity index is 2.72. The van der Waals surface area contributed by atoms with E-state index < -0.39 is 0 Å². The minimum absolute atomic E-state index is 0.604. The molecule has 0 aliphatic carbocycles. The zero-order chi connectivity index (χ0) is 12.1. The van der Waals surface area contributed by atoms with E-state index in [-0.39, 0.29) is 0 Å². The molecule has 1 heterocycles. The molecule has 0 radical (unpaired) electrons. The molecule has 4 heteroatoms. The van der Waals surface area contributed by atoms with Gasteiger partial charge in [0.05, 0.1) is 15.9 Å². The summed E-state index contributed by atoms with van der Waals surface area (Å²) in [6.07, 6.45) is 2.35. The third kappa shape index (κ3) is 3.08. The SMILES string of the molecule is CCC(CC)NCc1c(Br)c(C)nn1CC. The van der Waals surface area contributed by atoms with Crippen molar-refractivity contribution in [1.82, 2.24) is 15.1 Å². The van der Waals surface area contributed by atoms with Crippen LogP contribution in [0.15, 0.2) is 4.47 Å². The highest BCUT2D eigenvalue weighted by Crippen LogP contribution is 2.21. The third-order valence-corrected chi connectivity index (χ3v) is 4.03. The van der Waals surface area contributed by atoms with E-state index in [4.69, 9.17) is 0 Å². The van der Waals surface area contributed by atoms with Gasteiger partial charge < -0.3 is 5.32 Å². The van der Waals surface area contributed by atoms with Gasteiger partial charge in [0.2, 0.25) is 0 Å². The lowest BCUT2D eigenvalue weighted by atomic mass is 10.2. The number of aromatic nitrogens is 2. The second kappa shape index (κ2) is 6.40. The Morgan fingerprint density at radius 2 is 1.94 bits per heavy atom. The van der Waals surface area contributed by atoms with Crippen molar-refractivity contribution >= 4 is 15.9 Å². The molecule has 0 aliphatic rings. The van der Waals surface area contributed by atoms with E-state index in [9.17, 15) is 0 Å². The monoisotopic (exact) mass is 287 g/mol. The standard InChI is InChI=1S/C12H22BrN3/c1-5-10(6-2)14-8-11-12(13)9(4)15-16(11)7-3/h10,14H,5-8H2,1-4H3. The Labute approximate surface area is 107 Å². The molecule has 16 heavy (non-hydrogen) atoms. The molecule has 1 aromatic rings. The maximum Gasteiger partial charge on any atom is 0.0739 e. The van der Waals surface area contributed by atoms with Crippen LogP contribution >= 0.6 is 15.9 Å². The van der Waals surface area contributed by atoms with E-state index in [0.717, 1.165) is 23.3 Å². The number of hydrogen-bond donors (Lipinski definition) is 1. The van der Waals surface area contributed by atoms with Gasteiger partial charge in [0.25, 0.3) is 0 Å². The largest absolute Gasteiger partial charge is 0.308 e. The topological polar surface area (TPSA) is 29.9 Å². The summed E-state index contributed by atoms with van der Waals surface area (Å²) >= 11 is 3.61. The second-order valence-electron chi connectivity index (χ2n) is 4.06. The quantitative estimate of drug-likeness (QED) is 0.870. The molecule has 0 spiro atoms. The van der Waals surface area contributed by atoms with Gasteiger partial charge in [-0.2, -0.15) is 5.10 Å². The summed E-state index contributed by atoms with van der Waals surface area (Å²) in [6.45, 7) is 10.4. The van der Waals surface area contributed by atoms with Crippen molar-refractivity contribution in [2.24, 2.45) is 0 Å². The van der Waals surface area contributed by atoms with Crippen molar-refractivity contribution in [3.05, 3.63) is 15.9 Å². The fourth-order valence-corrected chi connectivity index (χ4v) is 2.28. The lowest BCUT2D eigenvalue weighted by Gasteiger charge is -2.15. The Hall–Kier alpha value is -0.350. The zero-order valence-electron chi connectivity index (χ0n) is 10.7. The van der Waals surface area contributed by atoms with Crippen LogP contribution in [-0.2, 0) is 13.1 Å². The van der Waals surface area contributed by atoms with Crippen molar-refractivity contribution in [3.63, 3.8) is 0 Å². The number of nitrogens with zero attached hydrogens (tertiary/aromatic N) is 2. The van der Waals surface area contributed by atoms with Crippen LogP contribution in [0, 0.1) is 6.92 Å². The number of hydrogen-bond acceptors (Lipinski definition) is 2. The average Bonchev–Trinajstić information content (AvgIpc) is 2.57. The van der Waals surface area contributed by atoms with Gasteiger partial charge in [-0.25, -0.2) is 0 Å². The minimum atomic E-state index is 0.604. The van der Waals surface area contributed by atoms with Gasteiger partial charge in [-0.15, -0.1) is 0 Å². The average molecular weight is 288 g/mol. The number of nitrogens with one attached hydrogen (secondary N) is 1. The van der Waals surface area contributed by atoms with Crippen LogP contribution in [0.5, 0.6) is 0 Å². The summed E-state index contributed by atoms with van der Waals surface area (Å²) in [7, 11) is 0. The van der Waals surface area contributed by atoms with E-state index in [1.54, 1.807) is 0 Å². The molecule has 0 fully saturated rings. The molecule has 0 saturated heterocycles. The van der Waals surface area contributed by atoms with Gasteiger partial charge in [-0.3, -0.25) is 4.68 Å². The predicted octanol–water partition coefficient (Wildman–Crippen LogP) is 3.25. The molecule has 0 amide bonds. The highest BCUT2D eigenvalue weighted by molar-refractivity contribution is 9.10. The van der Waals surface area contributed by atoms with E-state index in [0.29, 0.717) is 6.04 Å². The lowest BCUT2D eigenvalue weighted by molar-refractivity contribution is 0.466. The first kappa shape index (κ1) is 13.7. The summed E-state index contributed by atoms with van der Waals surface area (Å²) in [5.41, 5.74) is 2.33. The normalized spacial score (nSPS) is 11.4. The number of aryl methyl sites for hydroxylation is 2. The molecular formula is C12H22BrN3. The molecular weight excluding hydrogens is 266 g/mol. The molecule has 1 N–H and O–H groups in total. The van der Waals surface area contributed by atoms with E-state index in [1.165, 1.54) is 18.5 Å². The van der Waals surface area contributed by atoms with Crippen LogP contribution in [0.4, 0.5) is 0 Å². The molecule has 0 aliphatic heterocycles. The Kier molecular flexibility index (Phi) is 5.49. The molecule has 1 aromatic heterocycles. The summed E-state index contributed by atoms with van der Waals surface area (Å²) < 4.78 is 3.21. The molecule has 3 nitrogen and oxygen atoms in total. The first-order valence-corrected chi connectivity index (χ1v) is 6.88. The fraction of sp³-hybridized carbons (Fsp3) is 0.750. The van der Waals surface area contributed by atoms with Crippen LogP contribution in [0.2, 0.25) is 0 Å². The smallest absolute Gasteiger partial charge is 0.0739 e. The van der Waals surface area contributed by atoms with E-state index >= 15 is 0 Å². The van der Waals surface area contributed by atoms with Gasteiger partial charge in [0.15, 0.2) is 0 Å². The van der Waals surface area contributed by atoms with E-state index in [2.05, 4.69) is 51.8 Å². The summed E-state index contributed by atoms with van der Waals surface area (Å²) in [5, 5.41) is 8.06. The van der Waals surface area contributed by atoms with Crippen molar-refractivity contribution in [1.29, 1.82) is 0 Å². The van der Waals surface area contributed by atoms with Crippen molar-refractivity contribution in [3.8, 4) is 0 Å². The fourth-order valence-electron chi connectivity index (χ4n) is 1.86. The molecule has 0 unspecified atom stereocenters. The first-order valence-electron chi connectivity index (χ1n) is 6.09. The predicted molar refractivity (Wildman–Crippen MR) is 71.5 cm³/mol. The van der Waals surface area contributed by atoms with Crippen molar-refractivity contribution in [2.75, 3.05) is 0 Å². The molecule has 0 aromatic carbocycles. The number of halogens is 1. The summed E-state index contributed by atoms with van der Waals surface area (Å²) in [6, 6.07) is 0.604. The van der Waals surface area contributed by atoms with E-state index in [1.807, 2.05) is 6.92 Å². The number of rotatable bonds is 6. The molecule has 1 rings (SSSR count). The summed E-state index contributed by atoms with van der Waals surface area (Å²) in [4.78, 5) is 0. The maximum absolute atomic E-state index is 4.49. The molecule has 0 atom stereocenters. The molecule has 0 bridgehead atoms.